The van der Waals surface area contributed by atoms with Crippen LogP contribution in [0.3, 0.4) is 0 Å². The minimum Gasteiger partial charge on any atom is -0.396 e. The number of nitrogens with one attached hydrogen (secondary N) is 1. The smallest absolute Gasteiger partial charge is 0.240 e. The second-order valence-corrected chi connectivity index (χ2v) is 6.74. The van der Waals surface area contributed by atoms with Gasteiger partial charge in [0.25, 0.3) is 0 Å². The predicted octanol–water partition coefficient (Wildman–Crippen LogP) is 2.73. The van der Waals surface area contributed by atoms with E-state index >= 15 is 0 Å². The molecule has 0 saturated heterocycles. The van der Waals surface area contributed by atoms with Gasteiger partial charge in [0.15, 0.2) is 0 Å². The van der Waals surface area contributed by atoms with Gasteiger partial charge in [-0.2, -0.15) is 0 Å². The zero-order valence-corrected chi connectivity index (χ0v) is 13.1. The van der Waals surface area contributed by atoms with Crippen molar-refractivity contribution in [2.24, 2.45) is 5.14 Å². The van der Waals surface area contributed by atoms with Crippen LogP contribution in [0, 0.1) is 6.92 Å². The molecule has 0 aliphatic carbocycles. The van der Waals surface area contributed by atoms with Crippen molar-refractivity contribution in [3.63, 3.8) is 0 Å². The molecule has 0 atom stereocenters. The third kappa shape index (κ3) is 3.12. The van der Waals surface area contributed by atoms with Crippen LogP contribution in [0.1, 0.15) is 5.56 Å². The predicted molar refractivity (Wildman–Crippen MR) is 84.4 cm³/mol. The lowest BCUT2D eigenvalue weighted by Crippen LogP contribution is -2.15. The summed E-state index contributed by atoms with van der Waals surface area (Å²) >= 11 is 3.44. The summed E-state index contributed by atoms with van der Waals surface area (Å²) in [6.45, 7) is 1.98. The molecular weight excluding hydrogens is 342 g/mol. The Morgan fingerprint density at radius 1 is 1.20 bits per heavy atom. The molecule has 5 N–H and O–H groups in total. The molecule has 7 heteroatoms. The number of halogens is 1. The highest BCUT2D eigenvalue weighted by molar-refractivity contribution is 9.10. The van der Waals surface area contributed by atoms with Crippen LogP contribution in [0.15, 0.2) is 45.8 Å². The van der Waals surface area contributed by atoms with Gasteiger partial charge in [-0.15, -0.1) is 0 Å². The lowest BCUT2D eigenvalue weighted by molar-refractivity contribution is 0.598. The van der Waals surface area contributed by atoms with Gasteiger partial charge in [-0.3, -0.25) is 0 Å². The van der Waals surface area contributed by atoms with Gasteiger partial charge in [-0.1, -0.05) is 28.1 Å². The first-order valence-electron chi connectivity index (χ1n) is 5.73. The molecule has 2 rings (SSSR count). The number of nitrogen functional groups attached to an aromatic ring is 1. The number of para-hydroxylation sites is 1. The van der Waals surface area contributed by atoms with Gasteiger partial charge in [0.05, 0.1) is 11.4 Å². The van der Waals surface area contributed by atoms with Crippen LogP contribution in [0.4, 0.5) is 17.1 Å². The Kier molecular flexibility index (Phi) is 4.03. The molecule has 106 valence electrons. The third-order valence-corrected chi connectivity index (χ3v) is 4.65. The van der Waals surface area contributed by atoms with Crippen LogP contribution in [0.5, 0.6) is 0 Å². The summed E-state index contributed by atoms with van der Waals surface area (Å²) in [4.78, 5) is -0.0892. The molecule has 0 saturated carbocycles. The van der Waals surface area contributed by atoms with E-state index in [0.717, 1.165) is 15.7 Å². The molecule has 2 aromatic rings. The SMILES string of the molecule is Cc1ccc(Nc2cccc(S(N)(=O)=O)c2N)cc1Br. The number of aryl methyl sites for hydroxylation is 1. The van der Waals surface area contributed by atoms with Crippen molar-refractivity contribution in [2.75, 3.05) is 11.1 Å². The van der Waals surface area contributed by atoms with Crippen molar-refractivity contribution in [2.45, 2.75) is 11.8 Å². The van der Waals surface area contributed by atoms with Gasteiger partial charge in [-0.25, -0.2) is 13.6 Å². The van der Waals surface area contributed by atoms with E-state index in [0.29, 0.717) is 5.69 Å². The van der Waals surface area contributed by atoms with Crippen LogP contribution in [-0.2, 0) is 10.0 Å². The van der Waals surface area contributed by atoms with Crippen LogP contribution in [0.25, 0.3) is 0 Å². The van der Waals surface area contributed by atoms with Crippen molar-refractivity contribution in [3.05, 3.63) is 46.4 Å². The lowest BCUT2D eigenvalue weighted by Gasteiger charge is -2.12. The molecule has 2 aromatic carbocycles. The fourth-order valence-electron chi connectivity index (χ4n) is 1.73. The summed E-state index contributed by atoms with van der Waals surface area (Å²) in [6.07, 6.45) is 0. The molecule has 0 aliphatic rings. The molecule has 5 nitrogen and oxygen atoms in total. The number of hydrogen-bond donors (Lipinski definition) is 3. The summed E-state index contributed by atoms with van der Waals surface area (Å²) in [5.74, 6) is 0. The molecule has 0 fully saturated rings. The van der Waals surface area contributed by atoms with Crippen molar-refractivity contribution in [1.82, 2.24) is 0 Å². The van der Waals surface area contributed by atoms with Crippen LogP contribution < -0.4 is 16.2 Å². The number of rotatable bonds is 3. The van der Waals surface area contributed by atoms with Crippen molar-refractivity contribution in [1.29, 1.82) is 0 Å². The highest BCUT2D eigenvalue weighted by Gasteiger charge is 2.14. The molecule has 0 bridgehead atoms. The maximum Gasteiger partial charge on any atom is 0.240 e. The Hall–Kier alpha value is -1.57. The average Bonchev–Trinajstić information content (AvgIpc) is 2.35. The summed E-state index contributed by atoms with van der Waals surface area (Å²) in [5, 5.41) is 8.20. The molecule has 0 heterocycles. The second kappa shape index (κ2) is 5.43. The molecule has 0 amide bonds. The first kappa shape index (κ1) is 14.8. The average molecular weight is 356 g/mol. The Bertz CT molecular complexity index is 760. The monoisotopic (exact) mass is 355 g/mol. The highest BCUT2D eigenvalue weighted by Crippen LogP contribution is 2.30. The Morgan fingerprint density at radius 2 is 1.90 bits per heavy atom. The van der Waals surface area contributed by atoms with Gasteiger partial charge < -0.3 is 11.1 Å². The van der Waals surface area contributed by atoms with Crippen molar-refractivity contribution < 1.29 is 8.42 Å². The van der Waals surface area contributed by atoms with E-state index in [1.807, 2.05) is 25.1 Å². The van der Waals surface area contributed by atoms with Crippen molar-refractivity contribution in [3.8, 4) is 0 Å². The third-order valence-electron chi connectivity index (χ3n) is 2.82. The Balaban J connectivity index is 2.42. The topological polar surface area (TPSA) is 98.2 Å². The molecule has 0 radical (unpaired) electrons. The Morgan fingerprint density at radius 3 is 2.50 bits per heavy atom. The van der Waals surface area contributed by atoms with E-state index in [4.69, 9.17) is 10.9 Å². The lowest BCUT2D eigenvalue weighted by atomic mass is 10.2. The van der Waals surface area contributed by atoms with Crippen LogP contribution in [0.2, 0.25) is 0 Å². The number of sulfonamides is 1. The Labute approximate surface area is 126 Å². The summed E-state index contributed by atoms with van der Waals surface area (Å²) in [6, 6.07) is 10.4. The largest absolute Gasteiger partial charge is 0.396 e. The molecule has 20 heavy (non-hydrogen) atoms. The normalized spacial score (nSPS) is 11.3. The number of anilines is 3. The van der Waals surface area contributed by atoms with E-state index in [1.54, 1.807) is 12.1 Å². The highest BCUT2D eigenvalue weighted by atomic mass is 79.9. The molecule has 0 spiro atoms. The quantitative estimate of drug-likeness (QED) is 0.737. The fourth-order valence-corrected chi connectivity index (χ4v) is 2.79. The van der Waals surface area contributed by atoms with E-state index in [-0.39, 0.29) is 10.6 Å². The number of primary sulfonamides is 1. The first-order chi connectivity index (χ1) is 9.29. The van der Waals surface area contributed by atoms with Gasteiger partial charge in [0.1, 0.15) is 4.90 Å². The standard InChI is InChI=1S/C13H14BrN3O2S/c1-8-5-6-9(7-10(8)14)17-11-3-2-4-12(13(11)15)20(16,18)19/h2-7,17H,15H2,1H3,(H2,16,18,19). The summed E-state index contributed by atoms with van der Waals surface area (Å²) in [5.41, 5.74) is 8.34. The minimum absolute atomic E-state index is 0.0892. The molecule has 0 unspecified atom stereocenters. The van der Waals surface area contributed by atoms with Crippen molar-refractivity contribution >= 4 is 43.0 Å². The zero-order valence-electron chi connectivity index (χ0n) is 10.7. The zero-order chi connectivity index (χ0) is 14.9. The number of hydrogen-bond acceptors (Lipinski definition) is 4. The molecule has 0 aromatic heterocycles. The van der Waals surface area contributed by atoms with Crippen LogP contribution >= 0.6 is 15.9 Å². The minimum atomic E-state index is -3.84. The molecule has 0 aliphatic heterocycles. The van der Waals surface area contributed by atoms with E-state index in [2.05, 4.69) is 21.2 Å². The maximum atomic E-state index is 11.4. The van der Waals surface area contributed by atoms with Crippen LogP contribution in [-0.4, -0.2) is 8.42 Å². The first-order valence-corrected chi connectivity index (χ1v) is 8.07. The van der Waals surface area contributed by atoms with Gasteiger partial charge in [0.2, 0.25) is 10.0 Å². The fraction of sp³-hybridized carbons (Fsp3) is 0.0769. The van der Waals surface area contributed by atoms with E-state index in [1.165, 1.54) is 6.07 Å². The summed E-state index contributed by atoms with van der Waals surface area (Å²) < 4.78 is 23.8. The number of benzene rings is 2. The molecular formula is C13H14BrN3O2S. The summed E-state index contributed by atoms with van der Waals surface area (Å²) in [7, 11) is -3.84. The van der Waals surface area contributed by atoms with Gasteiger partial charge in [0, 0.05) is 10.2 Å². The van der Waals surface area contributed by atoms with E-state index in [9.17, 15) is 8.42 Å². The van der Waals surface area contributed by atoms with E-state index < -0.39 is 10.0 Å². The van der Waals surface area contributed by atoms with Gasteiger partial charge >= 0.3 is 0 Å². The maximum absolute atomic E-state index is 11.4. The number of nitrogens with two attached hydrogens (primary N) is 2. The van der Waals surface area contributed by atoms with Gasteiger partial charge in [-0.05, 0) is 36.8 Å². The second-order valence-electron chi connectivity index (χ2n) is 4.35.